The van der Waals surface area contributed by atoms with E-state index in [4.69, 9.17) is 9.47 Å². The Balaban J connectivity index is 1.41. The molecule has 1 aliphatic heterocycles. The van der Waals surface area contributed by atoms with Gasteiger partial charge in [-0.3, -0.25) is 4.79 Å². The number of carbonyl (C=O) groups is 2. The third kappa shape index (κ3) is 5.08. The SMILES string of the molecule is Cc1ccc(NC(=O)COC(=O)c2sccc2-n2cnnn2)cc1S(=O)(=O)N1CCOCC1. The van der Waals surface area contributed by atoms with Crippen LogP contribution in [0, 0.1) is 6.92 Å². The van der Waals surface area contributed by atoms with Gasteiger partial charge in [-0.25, -0.2) is 13.2 Å². The highest BCUT2D eigenvalue weighted by Gasteiger charge is 2.28. The monoisotopic (exact) mass is 492 g/mol. The molecule has 174 valence electrons. The van der Waals surface area contributed by atoms with E-state index in [9.17, 15) is 18.0 Å². The van der Waals surface area contributed by atoms with Crippen LogP contribution in [-0.4, -0.2) is 77.7 Å². The van der Waals surface area contributed by atoms with E-state index in [1.54, 1.807) is 30.5 Å². The summed E-state index contributed by atoms with van der Waals surface area (Å²) in [7, 11) is -3.73. The lowest BCUT2D eigenvalue weighted by atomic mass is 10.2. The lowest BCUT2D eigenvalue weighted by Crippen LogP contribution is -2.40. The van der Waals surface area contributed by atoms with E-state index in [2.05, 4.69) is 20.8 Å². The fourth-order valence-electron chi connectivity index (χ4n) is 3.18. The fraction of sp³-hybridized carbons (Fsp3) is 0.316. The maximum absolute atomic E-state index is 13.0. The first kappa shape index (κ1) is 23.0. The topological polar surface area (TPSA) is 146 Å². The van der Waals surface area contributed by atoms with Crippen LogP contribution in [0.25, 0.3) is 5.69 Å². The molecule has 1 aromatic carbocycles. The number of nitrogens with one attached hydrogen (secondary N) is 1. The normalized spacial score (nSPS) is 14.7. The van der Waals surface area contributed by atoms with Gasteiger partial charge >= 0.3 is 5.97 Å². The van der Waals surface area contributed by atoms with Crippen molar-refractivity contribution in [2.75, 3.05) is 38.2 Å². The summed E-state index contributed by atoms with van der Waals surface area (Å²) in [4.78, 5) is 25.1. The van der Waals surface area contributed by atoms with Crippen molar-refractivity contribution in [2.24, 2.45) is 0 Å². The van der Waals surface area contributed by atoms with Crippen molar-refractivity contribution in [3.8, 4) is 5.69 Å². The van der Waals surface area contributed by atoms with Gasteiger partial charge in [-0.2, -0.15) is 8.99 Å². The Morgan fingerprint density at radius 2 is 2.03 bits per heavy atom. The van der Waals surface area contributed by atoms with Gasteiger partial charge < -0.3 is 14.8 Å². The Bertz CT molecular complexity index is 1250. The maximum atomic E-state index is 13.0. The number of hydrogen-bond acceptors (Lipinski definition) is 10. The number of ether oxygens (including phenoxy) is 2. The number of carbonyl (C=O) groups excluding carboxylic acids is 2. The number of anilines is 1. The molecule has 4 rings (SSSR count). The number of hydrogen-bond donors (Lipinski definition) is 1. The minimum absolute atomic E-state index is 0.101. The summed E-state index contributed by atoms with van der Waals surface area (Å²) in [5, 5.41) is 15.0. The molecular weight excluding hydrogens is 472 g/mol. The van der Waals surface area contributed by atoms with Crippen molar-refractivity contribution >= 4 is 38.9 Å². The molecule has 1 amide bonds. The van der Waals surface area contributed by atoms with E-state index < -0.39 is 28.5 Å². The Morgan fingerprint density at radius 3 is 2.76 bits per heavy atom. The standard InChI is InChI=1S/C19H20N6O6S2/c1-13-2-3-14(10-16(13)33(28,29)24-5-7-30-8-6-24)21-17(26)11-31-19(27)18-15(4-9-32-18)25-12-20-22-23-25/h2-4,9-10,12H,5-8,11H2,1H3,(H,21,26). The minimum atomic E-state index is -3.73. The first-order valence-corrected chi connectivity index (χ1v) is 12.1. The molecule has 0 saturated carbocycles. The van der Waals surface area contributed by atoms with Crippen LogP contribution < -0.4 is 5.32 Å². The zero-order valence-electron chi connectivity index (χ0n) is 17.5. The summed E-state index contributed by atoms with van der Waals surface area (Å²) < 4.78 is 39.0. The number of thiophene rings is 1. The Kier molecular flexibility index (Phi) is 6.78. The van der Waals surface area contributed by atoms with Gasteiger partial charge in [-0.15, -0.1) is 16.4 Å². The van der Waals surface area contributed by atoms with Gasteiger partial charge in [0.15, 0.2) is 6.61 Å². The van der Waals surface area contributed by atoms with Crippen molar-refractivity contribution in [1.29, 1.82) is 0 Å². The second-order valence-corrected chi connectivity index (χ2v) is 9.83. The number of tetrazole rings is 1. The third-order valence-electron chi connectivity index (χ3n) is 4.82. The number of sulfonamides is 1. The van der Waals surface area contributed by atoms with E-state index >= 15 is 0 Å². The summed E-state index contributed by atoms with van der Waals surface area (Å²) in [5.74, 6) is -1.31. The van der Waals surface area contributed by atoms with E-state index in [0.29, 0.717) is 24.5 Å². The molecule has 0 aliphatic carbocycles. The Hall–Kier alpha value is -3.20. The van der Waals surface area contributed by atoms with Crippen LogP contribution >= 0.6 is 11.3 Å². The summed E-state index contributed by atoms with van der Waals surface area (Å²) in [6.45, 7) is 2.33. The van der Waals surface area contributed by atoms with Gasteiger partial charge in [0.1, 0.15) is 11.2 Å². The van der Waals surface area contributed by atoms with Crippen LogP contribution in [0.5, 0.6) is 0 Å². The van der Waals surface area contributed by atoms with Gasteiger partial charge in [-0.1, -0.05) is 6.07 Å². The van der Waals surface area contributed by atoms with E-state index in [-0.39, 0.29) is 28.5 Å². The molecule has 1 saturated heterocycles. The van der Waals surface area contributed by atoms with Crippen LogP contribution in [0.3, 0.4) is 0 Å². The summed E-state index contributed by atoms with van der Waals surface area (Å²) in [6, 6.07) is 6.25. The molecule has 0 spiro atoms. The summed E-state index contributed by atoms with van der Waals surface area (Å²) in [6.07, 6.45) is 1.34. The lowest BCUT2D eigenvalue weighted by Gasteiger charge is -2.26. The van der Waals surface area contributed by atoms with Gasteiger partial charge in [0.05, 0.1) is 23.8 Å². The highest BCUT2D eigenvalue weighted by Crippen LogP contribution is 2.25. The van der Waals surface area contributed by atoms with Crippen LogP contribution in [0.4, 0.5) is 5.69 Å². The molecule has 12 nitrogen and oxygen atoms in total. The van der Waals surface area contributed by atoms with Crippen LogP contribution in [-0.2, 0) is 24.3 Å². The number of aromatic nitrogens is 4. The molecule has 0 unspecified atom stereocenters. The molecule has 1 N–H and O–H groups in total. The van der Waals surface area contributed by atoms with Crippen molar-refractivity contribution in [3.63, 3.8) is 0 Å². The number of esters is 1. The van der Waals surface area contributed by atoms with Crippen molar-refractivity contribution in [3.05, 3.63) is 46.4 Å². The molecular formula is C19H20N6O6S2. The number of amides is 1. The molecule has 0 radical (unpaired) electrons. The summed E-state index contributed by atoms with van der Waals surface area (Å²) in [5.41, 5.74) is 1.27. The van der Waals surface area contributed by atoms with Crippen molar-refractivity contribution in [2.45, 2.75) is 11.8 Å². The average Bonchev–Trinajstić information content (AvgIpc) is 3.51. The summed E-state index contributed by atoms with van der Waals surface area (Å²) >= 11 is 1.13. The van der Waals surface area contributed by atoms with Gasteiger partial charge in [0.2, 0.25) is 10.0 Å². The van der Waals surface area contributed by atoms with Gasteiger partial charge in [0.25, 0.3) is 5.91 Å². The molecule has 14 heteroatoms. The van der Waals surface area contributed by atoms with E-state index in [1.165, 1.54) is 21.4 Å². The number of morpholine rings is 1. The zero-order chi connectivity index (χ0) is 23.4. The number of nitrogens with zero attached hydrogens (tertiary/aromatic N) is 5. The predicted octanol–water partition coefficient (Wildman–Crippen LogP) is 0.849. The van der Waals surface area contributed by atoms with Crippen molar-refractivity contribution < 1.29 is 27.5 Å². The van der Waals surface area contributed by atoms with Crippen LogP contribution in [0.1, 0.15) is 15.2 Å². The number of aryl methyl sites for hydroxylation is 1. The van der Waals surface area contributed by atoms with Crippen molar-refractivity contribution in [1.82, 2.24) is 24.5 Å². The zero-order valence-corrected chi connectivity index (χ0v) is 19.1. The minimum Gasteiger partial charge on any atom is -0.451 e. The predicted molar refractivity (Wildman–Crippen MR) is 117 cm³/mol. The first-order valence-electron chi connectivity index (χ1n) is 9.82. The average molecular weight is 493 g/mol. The largest absolute Gasteiger partial charge is 0.451 e. The molecule has 3 aromatic rings. The van der Waals surface area contributed by atoms with Gasteiger partial charge in [0, 0.05) is 18.8 Å². The molecule has 0 bridgehead atoms. The van der Waals surface area contributed by atoms with Gasteiger partial charge in [-0.05, 0) is 46.5 Å². The molecule has 2 aromatic heterocycles. The lowest BCUT2D eigenvalue weighted by molar-refractivity contribution is -0.119. The smallest absolute Gasteiger partial charge is 0.351 e. The number of rotatable bonds is 7. The highest BCUT2D eigenvalue weighted by molar-refractivity contribution is 7.89. The molecule has 1 fully saturated rings. The fourth-order valence-corrected chi connectivity index (χ4v) is 5.61. The Labute approximate surface area is 193 Å². The van der Waals surface area contributed by atoms with E-state index in [1.807, 2.05) is 0 Å². The second kappa shape index (κ2) is 9.74. The highest BCUT2D eigenvalue weighted by atomic mass is 32.2. The van der Waals surface area contributed by atoms with Crippen LogP contribution in [0.15, 0.2) is 40.9 Å². The molecule has 33 heavy (non-hydrogen) atoms. The molecule has 3 heterocycles. The Morgan fingerprint density at radius 1 is 1.24 bits per heavy atom. The van der Waals surface area contributed by atoms with Crippen LogP contribution in [0.2, 0.25) is 0 Å². The molecule has 0 atom stereocenters. The quantitative estimate of drug-likeness (QED) is 0.474. The second-order valence-electron chi connectivity index (χ2n) is 7.01. The maximum Gasteiger partial charge on any atom is 0.351 e. The molecule has 1 aliphatic rings. The number of benzene rings is 1. The first-order chi connectivity index (χ1) is 15.9. The third-order valence-corrected chi connectivity index (χ3v) is 7.74. The van der Waals surface area contributed by atoms with E-state index in [0.717, 1.165) is 11.3 Å².